The lowest BCUT2D eigenvalue weighted by atomic mass is 10.1. The summed E-state index contributed by atoms with van der Waals surface area (Å²) in [7, 11) is -4.44. The van der Waals surface area contributed by atoms with Crippen molar-refractivity contribution in [3.8, 4) is 0 Å². The van der Waals surface area contributed by atoms with Crippen molar-refractivity contribution in [3.05, 3.63) is 72.9 Å². The molecule has 0 spiro atoms. The molecule has 0 saturated heterocycles. The lowest BCUT2D eigenvalue weighted by Crippen LogP contribution is -2.27. The van der Waals surface area contributed by atoms with Gasteiger partial charge in [-0.2, -0.15) is 0 Å². The zero-order valence-electron chi connectivity index (χ0n) is 34.6. The van der Waals surface area contributed by atoms with Crippen molar-refractivity contribution >= 4 is 19.7 Å². The fourth-order valence-corrected chi connectivity index (χ4v) is 6.10. The predicted molar refractivity (Wildman–Crippen MR) is 229 cm³/mol. The number of carbonyl (C=O) groups is 2. The Morgan fingerprint density at radius 2 is 1.00 bits per heavy atom. The number of allylic oxidation sites excluding steroid dienone is 12. The molecule has 0 fully saturated rings. The van der Waals surface area contributed by atoms with E-state index in [1.807, 2.05) is 0 Å². The first kappa shape index (κ1) is 52.5. The molecule has 0 bridgehead atoms. The summed E-state index contributed by atoms with van der Waals surface area (Å²) in [5.41, 5.74) is 0. The molecule has 0 aliphatic carbocycles. The summed E-state index contributed by atoms with van der Waals surface area (Å²) in [4.78, 5) is 33.9. The van der Waals surface area contributed by atoms with Crippen LogP contribution in [0.2, 0.25) is 0 Å². The van der Waals surface area contributed by atoms with Gasteiger partial charge in [0.1, 0.15) is 12.7 Å². The minimum Gasteiger partial charge on any atom is -0.463 e. The van der Waals surface area contributed by atoms with Crippen LogP contribution in [0.4, 0.5) is 0 Å². The van der Waals surface area contributed by atoms with E-state index in [-0.39, 0.29) is 32.1 Å². The third-order valence-electron chi connectivity index (χ3n) is 8.61. The van der Waals surface area contributed by atoms with Gasteiger partial charge in [0.05, 0.1) is 13.2 Å². The van der Waals surface area contributed by atoms with Gasteiger partial charge < -0.3 is 20.1 Å². The van der Waals surface area contributed by atoms with E-state index in [1.54, 1.807) is 0 Å². The number of ether oxygens (including phenoxy) is 1. The lowest BCUT2D eigenvalue weighted by molar-refractivity contribution is -0.147. The van der Waals surface area contributed by atoms with Crippen LogP contribution in [0.15, 0.2) is 72.9 Å². The van der Waals surface area contributed by atoms with Crippen LogP contribution in [-0.2, 0) is 27.9 Å². The molecule has 0 aliphatic heterocycles. The van der Waals surface area contributed by atoms with E-state index in [2.05, 4.69) is 92.1 Å². The number of nitrogens with one attached hydrogen (secondary N) is 1. The second kappa shape index (κ2) is 41.1. The molecule has 316 valence electrons. The Kier molecular flexibility index (Phi) is 39.2. The van der Waals surface area contributed by atoms with Crippen molar-refractivity contribution in [2.24, 2.45) is 0 Å². The Bertz CT molecular complexity index is 1130. The standard InChI is InChI=1S/C45H78NO8P/c1-3-5-7-9-11-13-15-17-19-21-23-25-27-29-31-33-35-37-44(48)46-39-40-53-55(50,51)54-42-43(47)41-52-45(49)38-36-34-32-30-28-26-24-22-20-18-16-14-12-10-8-6-4-2/h11-14,17-20,23,25,29,31,43,47H,3-10,15-16,21-22,24,26-28,30,32-42H2,1-2H3,(H,46,48)(H,50,51)/b13-11-,14-12-,19-17-,20-18-,25-23-,31-29-. The van der Waals surface area contributed by atoms with Gasteiger partial charge in [0.2, 0.25) is 5.91 Å². The van der Waals surface area contributed by atoms with Gasteiger partial charge in [-0.05, 0) is 83.5 Å². The largest absolute Gasteiger partial charge is 0.472 e. The predicted octanol–water partition coefficient (Wildman–Crippen LogP) is 11.9. The fraction of sp³-hybridized carbons (Fsp3) is 0.689. The summed E-state index contributed by atoms with van der Waals surface area (Å²) in [6, 6.07) is 0. The van der Waals surface area contributed by atoms with E-state index >= 15 is 0 Å². The number of carbonyl (C=O) groups excluding carboxylic acids is 2. The molecular weight excluding hydrogens is 713 g/mol. The number of phosphoric acid groups is 1. The quantitative estimate of drug-likeness (QED) is 0.0243. The highest BCUT2D eigenvalue weighted by atomic mass is 31.2. The van der Waals surface area contributed by atoms with Crippen LogP contribution in [0.25, 0.3) is 0 Å². The van der Waals surface area contributed by atoms with Crippen molar-refractivity contribution in [1.82, 2.24) is 5.32 Å². The zero-order chi connectivity index (χ0) is 40.3. The molecule has 0 aromatic heterocycles. The molecule has 55 heavy (non-hydrogen) atoms. The Morgan fingerprint density at radius 1 is 0.564 bits per heavy atom. The molecule has 10 heteroatoms. The maximum absolute atomic E-state index is 12.1. The molecule has 0 heterocycles. The first-order valence-corrected chi connectivity index (χ1v) is 22.9. The summed E-state index contributed by atoms with van der Waals surface area (Å²) in [5, 5.41) is 12.7. The number of hydrogen-bond acceptors (Lipinski definition) is 7. The number of phosphoric ester groups is 1. The van der Waals surface area contributed by atoms with E-state index in [4.69, 9.17) is 13.8 Å². The Morgan fingerprint density at radius 3 is 1.51 bits per heavy atom. The smallest absolute Gasteiger partial charge is 0.463 e. The van der Waals surface area contributed by atoms with E-state index in [1.165, 1.54) is 70.6 Å². The Balaban J connectivity index is 3.71. The van der Waals surface area contributed by atoms with Crippen LogP contribution < -0.4 is 5.32 Å². The number of aliphatic hydroxyl groups excluding tert-OH is 1. The van der Waals surface area contributed by atoms with Crippen LogP contribution in [0.3, 0.4) is 0 Å². The van der Waals surface area contributed by atoms with Gasteiger partial charge in [-0.1, -0.05) is 145 Å². The van der Waals surface area contributed by atoms with Gasteiger partial charge in [-0.25, -0.2) is 4.57 Å². The average molecular weight is 792 g/mol. The molecule has 0 saturated carbocycles. The van der Waals surface area contributed by atoms with Gasteiger partial charge in [0.15, 0.2) is 0 Å². The molecule has 0 radical (unpaired) electrons. The maximum Gasteiger partial charge on any atom is 0.472 e. The van der Waals surface area contributed by atoms with E-state index in [0.717, 1.165) is 64.2 Å². The van der Waals surface area contributed by atoms with Crippen LogP contribution in [-0.4, -0.2) is 54.3 Å². The SMILES string of the molecule is CCCCC/C=C\C/C=C\C/C=C\C/C=C\CCCC(=O)NCCOP(=O)(O)OCC(O)COC(=O)CCCCCCCCC/C=C\C/C=C\CCCCC. The highest BCUT2D eigenvalue weighted by molar-refractivity contribution is 7.47. The van der Waals surface area contributed by atoms with Crippen LogP contribution in [0, 0.1) is 0 Å². The number of amides is 1. The molecule has 3 N–H and O–H groups in total. The fourth-order valence-electron chi connectivity index (χ4n) is 5.34. The van der Waals surface area contributed by atoms with Gasteiger partial charge in [-0.3, -0.25) is 18.6 Å². The van der Waals surface area contributed by atoms with Crippen molar-refractivity contribution < 1.29 is 37.9 Å². The van der Waals surface area contributed by atoms with Gasteiger partial charge >= 0.3 is 13.8 Å². The van der Waals surface area contributed by atoms with Crippen LogP contribution in [0.1, 0.15) is 168 Å². The number of aliphatic hydroxyl groups is 1. The molecule has 2 atom stereocenters. The first-order valence-electron chi connectivity index (χ1n) is 21.4. The monoisotopic (exact) mass is 792 g/mol. The maximum atomic E-state index is 12.1. The summed E-state index contributed by atoms with van der Waals surface area (Å²) < 4.78 is 26.8. The highest BCUT2D eigenvalue weighted by Crippen LogP contribution is 2.42. The Hall–Kier alpha value is -2.55. The van der Waals surface area contributed by atoms with Gasteiger partial charge in [0, 0.05) is 19.4 Å². The minimum atomic E-state index is -4.44. The van der Waals surface area contributed by atoms with Gasteiger partial charge in [0.25, 0.3) is 0 Å². The third-order valence-corrected chi connectivity index (χ3v) is 9.59. The summed E-state index contributed by atoms with van der Waals surface area (Å²) >= 11 is 0. The normalized spacial score (nSPS) is 14.0. The summed E-state index contributed by atoms with van der Waals surface area (Å²) in [6.07, 6.45) is 49.7. The topological polar surface area (TPSA) is 131 Å². The minimum absolute atomic E-state index is 0.0480. The molecule has 9 nitrogen and oxygen atoms in total. The number of esters is 1. The van der Waals surface area contributed by atoms with E-state index in [9.17, 15) is 24.2 Å². The number of hydrogen-bond donors (Lipinski definition) is 3. The van der Waals surface area contributed by atoms with Crippen molar-refractivity contribution in [2.45, 2.75) is 174 Å². The lowest BCUT2D eigenvalue weighted by Gasteiger charge is -2.15. The first-order chi connectivity index (χ1) is 26.8. The molecule has 0 aromatic rings. The summed E-state index contributed by atoms with van der Waals surface area (Å²) in [5.74, 6) is -0.587. The van der Waals surface area contributed by atoms with Crippen LogP contribution in [0.5, 0.6) is 0 Å². The van der Waals surface area contributed by atoms with Gasteiger partial charge in [-0.15, -0.1) is 0 Å². The molecule has 2 unspecified atom stereocenters. The average Bonchev–Trinajstić information content (AvgIpc) is 3.17. The second-order valence-corrected chi connectivity index (χ2v) is 15.4. The third kappa shape index (κ3) is 42.4. The Labute approximate surface area is 335 Å². The highest BCUT2D eigenvalue weighted by Gasteiger charge is 2.23. The second-order valence-electron chi connectivity index (χ2n) is 14.0. The number of rotatable bonds is 39. The van der Waals surface area contributed by atoms with E-state index in [0.29, 0.717) is 12.8 Å². The molecule has 0 rings (SSSR count). The zero-order valence-corrected chi connectivity index (χ0v) is 35.5. The van der Waals surface area contributed by atoms with Crippen molar-refractivity contribution in [1.29, 1.82) is 0 Å². The van der Waals surface area contributed by atoms with Crippen LogP contribution >= 0.6 is 7.82 Å². The van der Waals surface area contributed by atoms with Crippen molar-refractivity contribution in [3.63, 3.8) is 0 Å². The van der Waals surface area contributed by atoms with E-state index < -0.39 is 26.5 Å². The molecule has 0 aromatic carbocycles. The molecular formula is C45H78NO8P. The van der Waals surface area contributed by atoms with Crippen molar-refractivity contribution in [2.75, 3.05) is 26.4 Å². The number of unbranched alkanes of at least 4 members (excludes halogenated alkanes) is 14. The molecule has 0 aliphatic rings. The summed E-state index contributed by atoms with van der Waals surface area (Å²) in [6.45, 7) is 3.41. The molecule has 1 amide bonds.